The van der Waals surface area contributed by atoms with Gasteiger partial charge >= 0.3 is 5.97 Å². The van der Waals surface area contributed by atoms with E-state index in [0.717, 1.165) is 51.6 Å². The van der Waals surface area contributed by atoms with Crippen molar-refractivity contribution in [2.75, 3.05) is 40.4 Å². The van der Waals surface area contributed by atoms with Gasteiger partial charge in [0.25, 0.3) is 0 Å². The molecule has 0 aromatic carbocycles. The van der Waals surface area contributed by atoms with E-state index in [4.69, 9.17) is 5.11 Å². The molecule has 0 aromatic rings. The Bertz CT molecular complexity index is 272. The molecule has 1 amide bonds. The average Bonchev–Trinajstić information content (AvgIpc) is 2.53. The molecule has 0 saturated heterocycles. The maximum Gasteiger partial charge on any atom is 0.305 e. The minimum absolute atomic E-state index is 0.0952. The molecule has 6 nitrogen and oxygen atoms in total. The first-order chi connectivity index (χ1) is 10.6. The molecule has 0 rings (SSSR count). The third-order valence-electron chi connectivity index (χ3n) is 3.66. The third kappa shape index (κ3) is 12.6. The lowest BCUT2D eigenvalue weighted by Gasteiger charge is -2.21. The number of nitrogens with zero attached hydrogens (tertiary/aromatic N) is 1. The molecule has 22 heavy (non-hydrogen) atoms. The Morgan fingerprint density at radius 3 is 2.05 bits per heavy atom. The van der Waals surface area contributed by atoms with Gasteiger partial charge in [0.15, 0.2) is 0 Å². The van der Waals surface area contributed by atoms with Gasteiger partial charge in [0.1, 0.15) is 0 Å². The van der Waals surface area contributed by atoms with Crippen LogP contribution in [0.15, 0.2) is 0 Å². The van der Waals surface area contributed by atoms with Crippen LogP contribution in [-0.4, -0.2) is 62.3 Å². The highest BCUT2D eigenvalue weighted by Gasteiger charge is 2.05. The van der Waals surface area contributed by atoms with Crippen molar-refractivity contribution >= 4 is 11.9 Å². The van der Waals surface area contributed by atoms with Gasteiger partial charge < -0.3 is 20.1 Å². The second-order valence-corrected chi connectivity index (χ2v) is 5.44. The van der Waals surface area contributed by atoms with E-state index in [-0.39, 0.29) is 18.5 Å². The normalized spacial score (nSPS) is 10.7. The van der Waals surface area contributed by atoms with Gasteiger partial charge in [-0.1, -0.05) is 12.8 Å². The number of carbonyl (C=O) groups is 2. The van der Waals surface area contributed by atoms with Crippen molar-refractivity contribution in [1.82, 2.24) is 10.2 Å². The Kier molecular flexibility index (Phi) is 14.0. The molecule has 0 atom stereocenters. The monoisotopic (exact) mass is 316 g/mol. The highest BCUT2D eigenvalue weighted by atomic mass is 16.5. The predicted molar refractivity (Wildman–Crippen MR) is 86.5 cm³/mol. The first-order valence-electron chi connectivity index (χ1n) is 8.24. The van der Waals surface area contributed by atoms with E-state index in [9.17, 15) is 9.59 Å². The molecule has 0 aliphatic heterocycles. The zero-order valence-electron chi connectivity index (χ0n) is 14.1. The highest BCUT2D eigenvalue weighted by molar-refractivity contribution is 5.75. The maximum atomic E-state index is 11.1. The SMILES string of the molecule is CNC(=O)CCCCCN(CCO)CCCCCC(=O)OC. The molecule has 2 N–H and O–H groups in total. The van der Waals surface area contributed by atoms with Gasteiger partial charge in [-0.25, -0.2) is 0 Å². The van der Waals surface area contributed by atoms with Crippen LogP contribution in [-0.2, 0) is 14.3 Å². The van der Waals surface area contributed by atoms with E-state index in [1.54, 1.807) is 7.05 Å². The van der Waals surface area contributed by atoms with Gasteiger partial charge in [-0.3, -0.25) is 9.59 Å². The number of hydrogen-bond acceptors (Lipinski definition) is 5. The standard InChI is InChI=1S/C16H32N2O4/c1-17-15(20)9-5-3-7-11-18(13-14-19)12-8-4-6-10-16(21)22-2/h19H,3-14H2,1-2H3,(H,17,20). The summed E-state index contributed by atoms with van der Waals surface area (Å²) in [7, 11) is 3.07. The molecule has 0 aliphatic carbocycles. The molecule has 0 spiro atoms. The number of nitrogens with one attached hydrogen (secondary N) is 1. The lowest BCUT2D eigenvalue weighted by molar-refractivity contribution is -0.140. The fourth-order valence-electron chi connectivity index (χ4n) is 2.28. The summed E-state index contributed by atoms with van der Waals surface area (Å²) in [4.78, 5) is 24.3. The minimum atomic E-state index is -0.150. The summed E-state index contributed by atoms with van der Waals surface area (Å²) in [6, 6.07) is 0. The lowest BCUT2D eigenvalue weighted by atomic mass is 10.1. The van der Waals surface area contributed by atoms with Crippen LogP contribution >= 0.6 is 0 Å². The van der Waals surface area contributed by atoms with Crippen molar-refractivity contribution in [3.8, 4) is 0 Å². The van der Waals surface area contributed by atoms with Crippen molar-refractivity contribution in [3.05, 3.63) is 0 Å². The molecule has 0 unspecified atom stereocenters. The molecule has 0 aliphatic rings. The number of methoxy groups -OCH3 is 1. The third-order valence-corrected chi connectivity index (χ3v) is 3.66. The fourth-order valence-corrected chi connectivity index (χ4v) is 2.28. The van der Waals surface area contributed by atoms with Crippen LogP contribution in [0.4, 0.5) is 0 Å². The van der Waals surface area contributed by atoms with Crippen LogP contribution in [0.2, 0.25) is 0 Å². The Hall–Kier alpha value is -1.14. The summed E-state index contributed by atoms with van der Waals surface area (Å²) in [5.74, 6) is -0.0545. The molecular formula is C16H32N2O4. The summed E-state index contributed by atoms with van der Waals surface area (Å²) in [6.45, 7) is 2.75. The number of amides is 1. The van der Waals surface area contributed by atoms with Gasteiger partial charge in [0.2, 0.25) is 5.91 Å². The molecule has 0 radical (unpaired) electrons. The van der Waals surface area contributed by atoms with Gasteiger partial charge in [-0.05, 0) is 38.8 Å². The molecule has 0 heterocycles. The van der Waals surface area contributed by atoms with E-state index in [1.165, 1.54) is 7.11 Å². The van der Waals surface area contributed by atoms with E-state index < -0.39 is 0 Å². The van der Waals surface area contributed by atoms with E-state index >= 15 is 0 Å². The molecule has 0 aromatic heterocycles. The van der Waals surface area contributed by atoms with Crippen LogP contribution in [0.1, 0.15) is 51.4 Å². The second kappa shape index (κ2) is 14.8. The van der Waals surface area contributed by atoms with Crippen molar-refractivity contribution in [1.29, 1.82) is 0 Å². The number of unbranched alkanes of at least 4 members (excludes halogenated alkanes) is 4. The molecule has 0 bridgehead atoms. The zero-order valence-corrected chi connectivity index (χ0v) is 14.1. The van der Waals surface area contributed by atoms with Gasteiger partial charge in [-0.2, -0.15) is 0 Å². The van der Waals surface area contributed by atoms with Crippen LogP contribution in [0.3, 0.4) is 0 Å². The summed E-state index contributed by atoms with van der Waals surface area (Å²) in [5, 5.41) is 11.7. The molecule has 130 valence electrons. The van der Waals surface area contributed by atoms with Gasteiger partial charge in [0.05, 0.1) is 13.7 Å². The van der Waals surface area contributed by atoms with Crippen molar-refractivity contribution in [3.63, 3.8) is 0 Å². The summed E-state index contributed by atoms with van der Waals surface area (Å²) < 4.78 is 4.61. The first kappa shape index (κ1) is 20.9. The molecule has 6 heteroatoms. The zero-order chi connectivity index (χ0) is 16.6. The van der Waals surface area contributed by atoms with E-state index in [0.29, 0.717) is 19.4 Å². The number of aliphatic hydroxyl groups excluding tert-OH is 1. The Morgan fingerprint density at radius 1 is 0.955 bits per heavy atom. The first-order valence-corrected chi connectivity index (χ1v) is 8.24. The topological polar surface area (TPSA) is 78.9 Å². The number of rotatable bonds is 14. The summed E-state index contributed by atoms with van der Waals surface area (Å²) in [6.07, 6.45) is 6.91. The highest BCUT2D eigenvalue weighted by Crippen LogP contribution is 2.06. The van der Waals surface area contributed by atoms with E-state index in [2.05, 4.69) is 15.0 Å². The Balaban J connectivity index is 3.64. The largest absolute Gasteiger partial charge is 0.469 e. The summed E-state index contributed by atoms with van der Waals surface area (Å²) in [5.41, 5.74) is 0. The van der Waals surface area contributed by atoms with Crippen LogP contribution in [0.25, 0.3) is 0 Å². The number of hydrogen-bond donors (Lipinski definition) is 2. The number of carbonyl (C=O) groups excluding carboxylic acids is 2. The van der Waals surface area contributed by atoms with Crippen molar-refractivity contribution in [2.24, 2.45) is 0 Å². The maximum absolute atomic E-state index is 11.1. The predicted octanol–water partition coefficient (Wildman–Crippen LogP) is 1.32. The fraction of sp³-hybridized carbons (Fsp3) is 0.875. The average molecular weight is 316 g/mol. The Labute approximate surface area is 134 Å². The number of aliphatic hydroxyl groups is 1. The molecule has 0 saturated carbocycles. The molecular weight excluding hydrogens is 284 g/mol. The van der Waals surface area contributed by atoms with Crippen LogP contribution in [0, 0.1) is 0 Å². The minimum Gasteiger partial charge on any atom is -0.469 e. The number of ether oxygens (including phenoxy) is 1. The smallest absolute Gasteiger partial charge is 0.305 e. The van der Waals surface area contributed by atoms with Crippen LogP contribution < -0.4 is 5.32 Å². The van der Waals surface area contributed by atoms with Crippen LogP contribution in [0.5, 0.6) is 0 Å². The quantitative estimate of drug-likeness (QED) is 0.373. The second-order valence-electron chi connectivity index (χ2n) is 5.44. The van der Waals surface area contributed by atoms with Crippen molar-refractivity contribution in [2.45, 2.75) is 51.4 Å². The number of esters is 1. The summed E-state index contributed by atoms with van der Waals surface area (Å²) >= 11 is 0. The Morgan fingerprint density at radius 2 is 1.55 bits per heavy atom. The molecule has 0 fully saturated rings. The lowest BCUT2D eigenvalue weighted by Crippen LogP contribution is -2.29. The van der Waals surface area contributed by atoms with Crippen molar-refractivity contribution < 1.29 is 19.4 Å². The van der Waals surface area contributed by atoms with Gasteiger partial charge in [0, 0.05) is 26.4 Å². The van der Waals surface area contributed by atoms with Gasteiger partial charge in [-0.15, -0.1) is 0 Å². The van der Waals surface area contributed by atoms with E-state index in [1.807, 2.05) is 0 Å².